The van der Waals surface area contributed by atoms with Crippen LogP contribution in [0.2, 0.25) is 6.04 Å². The van der Waals surface area contributed by atoms with Gasteiger partial charge in [0.2, 0.25) is 0 Å². The normalized spacial score (nSPS) is 11.1. The minimum absolute atomic E-state index is 0.477. The Morgan fingerprint density at radius 1 is 1.29 bits per heavy atom. The molecule has 0 bridgehead atoms. The third kappa shape index (κ3) is 4.04. The molecule has 4 nitrogen and oxygen atoms in total. The van der Waals surface area contributed by atoms with Crippen LogP contribution in [-0.2, 0) is 18.1 Å². The maximum Gasteiger partial charge on any atom is 0.567 e. The quantitative estimate of drug-likeness (QED) is 0.482. The highest BCUT2D eigenvalue weighted by atomic mass is 28.4. The molecule has 82 valence electrons. The zero-order valence-corrected chi connectivity index (χ0v) is 10.0. The van der Waals surface area contributed by atoms with Gasteiger partial charge in [0.1, 0.15) is 0 Å². The fraction of sp³-hybridized carbons (Fsp3) is 0.667. The molecular weight excluding hydrogens is 200 g/mol. The van der Waals surface area contributed by atoms with Crippen molar-refractivity contribution in [3.05, 3.63) is 12.7 Å². The number of rotatable bonds is 7. The fourth-order valence-electron chi connectivity index (χ4n) is 1.01. The highest BCUT2D eigenvalue weighted by molar-refractivity contribution is 6.62. The second-order valence-corrected chi connectivity index (χ2v) is 5.38. The molecule has 0 atom stereocenters. The summed E-state index contributed by atoms with van der Waals surface area (Å²) in [5, 5.41) is 0. The Morgan fingerprint density at radius 3 is 2.07 bits per heavy atom. The molecule has 0 rings (SSSR count). The van der Waals surface area contributed by atoms with Gasteiger partial charge in [-0.2, -0.15) is 0 Å². The monoisotopic (exact) mass is 218 g/mol. The van der Waals surface area contributed by atoms with E-state index in [2.05, 4.69) is 6.58 Å². The Hall–Kier alpha value is -0.653. The Labute approximate surface area is 86.2 Å². The average Bonchev–Trinajstić information content (AvgIpc) is 2.18. The van der Waals surface area contributed by atoms with E-state index >= 15 is 0 Å². The molecule has 5 heteroatoms. The van der Waals surface area contributed by atoms with E-state index < -0.39 is 14.8 Å². The van der Waals surface area contributed by atoms with Gasteiger partial charge in [-0.15, -0.1) is 0 Å². The maximum atomic E-state index is 11.1. The smallest absolute Gasteiger partial charge is 0.470 e. The fourth-order valence-corrected chi connectivity index (χ4v) is 3.03. The molecule has 0 spiro atoms. The van der Waals surface area contributed by atoms with Crippen molar-refractivity contribution < 1.29 is 18.1 Å². The van der Waals surface area contributed by atoms with Gasteiger partial charge in [-0.1, -0.05) is 13.5 Å². The van der Waals surface area contributed by atoms with Gasteiger partial charge in [0, 0.05) is 25.3 Å². The SMILES string of the molecule is C=CC(=O)O[Si](CC)(OCC)OCC. The number of carbonyl (C=O) groups is 1. The van der Waals surface area contributed by atoms with Gasteiger partial charge in [-0.25, -0.2) is 4.79 Å². The summed E-state index contributed by atoms with van der Waals surface area (Å²) < 4.78 is 16.0. The van der Waals surface area contributed by atoms with Crippen LogP contribution in [0, 0.1) is 0 Å². The summed E-state index contributed by atoms with van der Waals surface area (Å²) in [5.74, 6) is -0.486. The van der Waals surface area contributed by atoms with Crippen LogP contribution in [0.1, 0.15) is 20.8 Å². The van der Waals surface area contributed by atoms with Crippen molar-refractivity contribution in [1.82, 2.24) is 0 Å². The van der Waals surface area contributed by atoms with Crippen molar-refractivity contribution >= 4 is 14.8 Å². The first kappa shape index (κ1) is 13.3. The van der Waals surface area contributed by atoms with Crippen molar-refractivity contribution in [2.24, 2.45) is 0 Å². The van der Waals surface area contributed by atoms with Crippen LogP contribution in [0.15, 0.2) is 12.7 Å². The van der Waals surface area contributed by atoms with E-state index in [9.17, 15) is 4.79 Å². The first-order valence-corrected chi connectivity index (χ1v) is 6.70. The van der Waals surface area contributed by atoms with E-state index in [1.54, 1.807) is 0 Å². The summed E-state index contributed by atoms with van der Waals surface area (Å²) >= 11 is 0. The molecule has 0 radical (unpaired) electrons. The molecule has 0 aromatic rings. The van der Waals surface area contributed by atoms with Gasteiger partial charge in [0.25, 0.3) is 0 Å². The summed E-state index contributed by atoms with van der Waals surface area (Å²) in [4.78, 5) is 11.1. The third-order valence-electron chi connectivity index (χ3n) is 1.58. The minimum atomic E-state index is -2.77. The van der Waals surface area contributed by atoms with Gasteiger partial charge in [-0.05, 0) is 13.8 Å². The van der Waals surface area contributed by atoms with Gasteiger partial charge in [-0.3, -0.25) is 0 Å². The largest absolute Gasteiger partial charge is 0.567 e. The second kappa shape index (κ2) is 6.75. The maximum absolute atomic E-state index is 11.1. The average molecular weight is 218 g/mol. The highest BCUT2D eigenvalue weighted by Gasteiger charge is 2.42. The van der Waals surface area contributed by atoms with E-state index in [0.29, 0.717) is 19.3 Å². The molecule has 0 aliphatic rings. The standard InChI is InChI=1S/C9H18O4Si/c1-5-9(10)13-14(8-4,11-6-2)12-7-3/h5H,1,6-8H2,2-4H3. The molecule has 0 aromatic carbocycles. The van der Waals surface area contributed by atoms with Crippen LogP contribution in [0.25, 0.3) is 0 Å². The minimum Gasteiger partial charge on any atom is -0.470 e. The molecule has 0 aliphatic carbocycles. The van der Waals surface area contributed by atoms with Crippen LogP contribution < -0.4 is 0 Å². The zero-order chi connectivity index (χ0) is 11.0. The van der Waals surface area contributed by atoms with Crippen LogP contribution in [-0.4, -0.2) is 28.0 Å². The van der Waals surface area contributed by atoms with Crippen LogP contribution in [0.3, 0.4) is 0 Å². The summed E-state index contributed by atoms with van der Waals surface area (Å²) in [7, 11) is -2.77. The van der Waals surface area contributed by atoms with Crippen LogP contribution in [0.4, 0.5) is 0 Å². The summed E-state index contributed by atoms with van der Waals surface area (Å²) in [5.41, 5.74) is 0. The summed E-state index contributed by atoms with van der Waals surface area (Å²) in [6.07, 6.45) is 1.12. The molecule has 0 unspecified atom stereocenters. The Kier molecular flexibility index (Phi) is 6.43. The Balaban J connectivity index is 4.46. The summed E-state index contributed by atoms with van der Waals surface area (Å²) in [6.45, 7) is 9.86. The molecule has 14 heavy (non-hydrogen) atoms. The van der Waals surface area contributed by atoms with Crippen molar-refractivity contribution in [3.63, 3.8) is 0 Å². The number of carbonyl (C=O) groups excluding carboxylic acids is 1. The lowest BCUT2D eigenvalue weighted by atomic mass is 10.7. The van der Waals surface area contributed by atoms with E-state index in [0.717, 1.165) is 6.08 Å². The molecule has 0 aromatic heterocycles. The van der Waals surface area contributed by atoms with E-state index in [4.69, 9.17) is 13.3 Å². The summed E-state index contributed by atoms with van der Waals surface area (Å²) in [6, 6.07) is 0.578. The Bertz CT molecular complexity index is 187. The lowest BCUT2D eigenvalue weighted by Gasteiger charge is -2.26. The zero-order valence-electron chi connectivity index (χ0n) is 9.04. The second-order valence-electron chi connectivity index (χ2n) is 2.53. The molecule has 0 fully saturated rings. The molecule has 0 N–H and O–H groups in total. The Morgan fingerprint density at radius 2 is 1.79 bits per heavy atom. The molecule has 0 aliphatic heterocycles. The molecule has 0 amide bonds. The topological polar surface area (TPSA) is 44.8 Å². The molecule has 0 saturated carbocycles. The van der Waals surface area contributed by atoms with Crippen molar-refractivity contribution in [2.45, 2.75) is 26.8 Å². The number of hydrogen-bond acceptors (Lipinski definition) is 4. The van der Waals surface area contributed by atoms with Crippen LogP contribution >= 0.6 is 0 Å². The van der Waals surface area contributed by atoms with E-state index in [1.807, 2.05) is 20.8 Å². The number of hydrogen-bond donors (Lipinski definition) is 0. The van der Waals surface area contributed by atoms with Gasteiger partial charge < -0.3 is 13.3 Å². The molecular formula is C9H18O4Si. The van der Waals surface area contributed by atoms with Crippen molar-refractivity contribution in [3.8, 4) is 0 Å². The molecule has 0 saturated heterocycles. The predicted molar refractivity (Wildman–Crippen MR) is 55.8 cm³/mol. The lowest BCUT2D eigenvalue weighted by molar-refractivity contribution is -0.133. The lowest BCUT2D eigenvalue weighted by Crippen LogP contribution is -2.46. The van der Waals surface area contributed by atoms with Gasteiger partial charge in [0.15, 0.2) is 0 Å². The highest BCUT2D eigenvalue weighted by Crippen LogP contribution is 2.15. The van der Waals surface area contributed by atoms with Crippen molar-refractivity contribution in [1.29, 1.82) is 0 Å². The van der Waals surface area contributed by atoms with E-state index in [-0.39, 0.29) is 0 Å². The molecule has 0 heterocycles. The first-order chi connectivity index (χ1) is 6.64. The predicted octanol–water partition coefficient (Wildman–Crippen LogP) is 1.75. The van der Waals surface area contributed by atoms with Gasteiger partial charge in [0.05, 0.1) is 0 Å². The van der Waals surface area contributed by atoms with E-state index in [1.165, 1.54) is 0 Å². The first-order valence-electron chi connectivity index (χ1n) is 4.77. The van der Waals surface area contributed by atoms with Gasteiger partial charge >= 0.3 is 14.8 Å². The third-order valence-corrected chi connectivity index (χ3v) is 4.42. The van der Waals surface area contributed by atoms with Crippen LogP contribution in [0.5, 0.6) is 0 Å². The van der Waals surface area contributed by atoms with Crippen molar-refractivity contribution in [2.75, 3.05) is 13.2 Å².